The Hall–Kier alpha value is -3.38. The van der Waals surface area contributed by atoms with E-state index in [1.807, 2.05) is 42.5 Å². The Labute approximate surface area is 216 Å². The molecule has 0 aliphatic heterocycles. The molecule has 2 amide bonds. The fourth-order valence-corrected chi connectivity index (χ4v) is 4.73. The summed E-state index contributed by atoms with van der Waals surface area (Å²) in [4.78, 5) is 28.7. The molecule has 4 rings (SSSR count). The van der Waals surface area contributed by atoms with Gasteiger partial charge in [0.25, 0.3) is 5.91 Å². The molecule has 0 aromatic heterocycles. The van der Waals surface area contributed by atoms with Crippen molar-refractivity contribution in [3.05, 3.63) is 101 Å². The zero-order chi connectivity index (χ0) is 25.3. The smallest absolute Gasteiger partial charge is 0.261 e. The second-order valence-electron chi connectivity index (χ2n) is 9.09. The minimum Gasteiger partial charge on any atom is -0.484 e. The Bertz CT molecular complexity index is 1150. The second kappa shape index (κ2) is 12.5. The van der Waals surface area contributed by atoms with Crippen LogP contribution in [0.2, 0.25) is 5.02 Å². The standard InChI is InChI=1S/C29H30ClFN2O3/c30-23-10-6-9-22(17-23)19-33(28(34)20-36-26-15-13-24(31)14-16-26)27(18-21-7-2-1-3-8-21)29(35)32-25-11-4-5-12-25/h1-3,6-10,13-17,25,27H,4-5,11-12,18-20H2,(H,32,35). The first kappa shape index (κ1) is 25.7. The van der Waals surface area contributed by atoms with Crippen LogP contribution < -0.4 is 10.1 Å². The number of benzene rings is 3. The molecule has 1 N–H and O–H groups in total. The number of amides is 2. The zero-order valence-corrected chi connectivity index (χ0v) is 20.8. The van der Waals surface area contributed by atoms with E-state index in [-0.39, 0.29) is 36.8 Å². The lowest BCUT2D eigenvalue weighted by molar-refractivity contribution is -0.143. The lowest BCUT2D eigenvalue weighted by atomic mass is 10.0. The third-order valence-corrected chi connectivity index (χ3v) is 6.63. The predicted molar refractivity (Wildman–Crippen MR) is 138 cm³/mol. The summed E-state index contributed by atoms with van der Waals surface area (Å²) in [6, 6.07) is 21.8. The Kier molecular flexibility index (Phi) is 8.95. The van der Waals surface area contributed by atoms with Crippen molar-refractivity contribution >= 4 is 23.4 Å². The van der Waals surface area contributed by atoms with Gasteiger partial charge in [-0.1, -0.05) is 66.9 Å². The summed E-state index contributed by atoms with van der Waals surface area (Å²) >= 11 is 6.21. The van der Waals surface area contributed by atoms with Gasteiger partial charge in [0.2, 0.25) is 5.91 Å². The summed E-state index contributed by atoms with van der Waals surface area (Å²) in [5.74, 6) is -0.532. The van der Waals surface area contributed by atoms with E-state index in [1.165, 1.54) is 24.3 Å². The third kappa shape index (κ3) is 7.31. The third-order valence-electron chi connectivity index (χ3n) is 6.39. The van der Waals surface area contributed by atoms with Gasteiger partial charge in [0, 0.05) is 24.0 Å². The van der Waals surface area contributed by atoms with Crippen LogP contribution in [-0.2, 0) is 22.6 Å². The van der Waals surface area contributed by atoms with E-state index in [9.17, 15) is 14.0 Å². The van der Waals surface area contributed by atoms with Gasteiger partial charge in [-0.15, -0.1) is 0 Å². The van der Waals surface area contributed by atoms with Crippen LogP contribution in [0.25, 0.3) is 0 Å². The quantitative estimate of drug-likeness (QED) is 0.390. The first-order valence-electron chi connectivity index (χ1n) is 12.2. The molecule has 7 heteroatoms. The normalized spacial score (nSPS) is 14.3. The van der Waals surface area contributed by atoms with Crippen molar-refractivity contribution < 1.29 is 18.7 Å². The SMILES string of the molecule is O=C(NC1CCCC1)C(Cc1ccccc1)N(Cc1cccc(Cl)c1)C(=O)COc1ccc(F)cc1. The summed E-state index contributed by atoms with van der Waals surface area (Å²) in [6.07, 6.45) is 4.43. The number of hydrogen-bond acceptors (Lipinski definition) is 3. The molecule has 1 saturated carbocycles. The average molecular weight is 509 g/mol. The van der Waals surface area contributed by atoms with E-state index < -0.39 is 6.04 Å². The molecular weight excluding hydrogens is 479 g/mol. The van der Waals surface area contributed by atoms with E-state index in [2.05, 4.69) is 5.32 Å². The van der Waals surface area contributed by atoms with Crippen LogP contribution in [0, 0.1) is 5.82 Å². The van der Waals surface area contributed by atoms with Gasteiger partial charge >= 0.3 is 0 Å². The van der Waals surface area contributed by atoms with Crippen LogP contribution in [0.15, 0.2) is 78.9 Å². The van der Waals surface area contributed by atoms with Gasteiger partial charge in [0.1, 0.15) is 17.6 Å². The maximum Gasteiger partial charge on any atom is 0.261 e. The number of rotatable bonds is 10. The molecule has 1 fully saturated rings. The van der Waals surface area contributed by atoms with E-state index in [4.69, 9.17) is 16.3 Å². The first-order valence-corrected chi connectivity index (χ1v) is 12.6. The van der Waals surface area contributed by atoms with Crippen LogP contribution in [0.4, 0.5) is 4.39 Å². The molecule has 1 atom stereocenters. The van der Waals surface area contributed by atoms with Crippen LogP contribution in [0.1, 0.15) is 36.8 Å². The summed E-state index contributed by atoms with van der Waals surface area (Å²) in [7, 11) is 0. The molecule has 0 spiro atoms. The van der Waals surface area contributed by atoms with Gasteiger partial charge < -0.3 is 15.0 Å². The first-order chi connectivity index (χ1) is 17.5. The van der Waals surface area contributed by atoms with Crippen molar-refractivity contribution in [2.75, 3.05) is 6.61 Å². The van der Waals surface area contributed by atoms with Gasteiger partial charge in [-0.25, -0.2) is 4.39 Å². The van der Waals surface area contributed by atoms with Crippen LogP contribution >= 0.6 is 11.6 Å². The highest BCUT2D eigenvalue weighted by Gasteiger charge is 2.32. The zero-order valence-electron chi connectivity index (χ0n) is 20.0. The number of halogens is 2. The number of nitrogens with zero attached hydrogens (tertiary/aromatic N) is 1. The topological polar surface area (TPSA) is 58.6 Å². The molecule has 0 radical (unpaired) electrons. The Morgan fingerprint density at radius 1 is 0.972 bits per heavy atom. The Morgan fingerprint density at radius 2 is 1.67 bits per heavy atom. The lowest BCUT2D eigenvalue weighted by Crippen LogP contribution is -2.53. The summed E-state index contributed by atoms with van der Waals surface area (Å²) in [5.41, 5.74) is 1.76. The minimum atomic E-state index is -0.740. The largest absolute Gasteiger partial charge is 0.484 e. The molecule has 0 bridgehead atoms. The fraction of sp³-hybridized carbons (Fsp3) is 0.310. The minimum absolute atomic E-state index is 0.120. The predicted octanol–water partition coefficient (Wildman–Crippen LogP) is 5.56. The lowest BCUT2D eigenvalue weighted by Gasteiger charge is -2.32. The molecular formula is C29H30ClFN2O3. The highest BCUT2D eigenvalue weighted by Crippen LogP contribution is 2.21. The van der Waals surface area contributed by atoms with Crippen molar-refractivity contribution in [2.45, 2.75) is 50.7 Å². The van der Waals surface area contributed by atoms with Crippen LogP contribution in [-0.4, -0.2) is 35.4 Å². The maximum atomic E-state index is 13.6. The van der Waals surface area contributed by atoms with Gasteiger partial charge in [-0.05, 0) is 60.4 Å². The number of carbonyl (C=O) groups excluding carboxylic acids is 2. The van der Waals surface area contributed by atoms with Gasteiger partial charge in [0.15, 0.2) is 6.61 Å². The highest BCUT2D eigenvalue weighted by molar-refractivity contribution is 6.30. The van der Waals surface area contributed by atoms with Crippen molar-refractivity contribution in [2.24, 2.45) is 0 Å². The molecule has 1 aliphatic rings. The second-order valence-corrected chi connectivity index (χ2v) is 9.53. The number of nitrogens with one attached hydrogen (secondary N) is 1. The molecule has 188 valence electrons. The molecule has 3 aromatic carbocycles. The fourth-order valence-electron chi connectivity index (χ4n) is 4.51. The highest BCUT2D eigenvalue weighted by atomic mass is 35.5. The van der Waals surface area contributed by atoms with Crippen molar-refractivity contribution in [3.63, 3.8) is 0 Å². The van der Waals surface area contributed by atoms with Gasteiger partial charge in [0.05, 0.1) is 0 Å². The van der Waals surface area contributed by atoms with Gasteiger partial charge in [-0.3, -0.25) is 9.59 Å². The summed E-state index contributed by atoms with van der Waals surface area (Å²) in [6.45, 7) is -0.0873. The number of ether oxygens (including phenoxy) is 1. The van der Waals surface area contributed by atoms with Crippen LogP contribution in [0.3, 0.4) is 0 Å². The number of hydrogen-bond donors (Lipinski definition) is 1. The van der Waals surface area contributed by atoms with Crippen molar-refractivity contribution in [1.29, 1.82) is 0 Å². The van der Waals surface area contributed by atoms with E-state index >= 15 is 0 Å². The maximum absolute atomic E-state index is 13.6. The van der Waals surface area contributed by atoms with Gasteiger partial charge in [-0.2, -0.15) is 0 Å². The molecule has 1 unspecified atom stereocenters. The molecule has 3 aromatic rings. The molecule has 0 heterocycles. The molecule has 1 aliphatic carbocycles. The van der Waals surface area contributed by atoms with Crippen molar-refractivity contribution in [1.82, 2.24) is 10.2 Å². The van der Waals surface area contributed by atoms with Crippen molar-refractivity contribution in [3.8, 4) is 5.75 Å². The molecule has 0 saturated heterocycles. The monoisotopic (exact) mass is 508 g/mol. The summed E-state index contributed by atoms with van der Waals surface area (Å²) in [5, 5.41) is 3.72. The summed E-state index contributed by atoms with van der Waals surface area (Å²) < 4.78 is 18.9. The Balaban J connectivity index is 1.60. The van der Waals surface area contributed by atoms with E-state index in [0.29, 0.717) is 17.2 Å². The van der Waals surface area contributed by atoms with Crippen LogP contribution in [0.5, 0.6) is 5.75 Å². The average Bonchev–Trinajstić information content (AvgIpc) is 3.39. The number of carbonyl (C=O) groups is 2. The van der Waals surface area contributed by atoms with E-state index in [0.717, 1.165) is 36.8 Å². The molecule has 5 nitrogen and oxygen atoms in total. The molecule has 36 heavy (non-hydrogen) atoms. The Morgan fingerprint density at radius 3 is 2.36 bits per heavy atom. The van der Waals surface area contributed by atoms with E-state index in [1.54, 1.807) is 17.0 Å².